The third-order valence-electron chi connectivity index (χ3n) is 5.83. The molecule has 0 aromatic carbocycles. The molecule has 146 valence electrons. The van der Waals surface area contributed by atoms with Crippen LogP contribution in [-0.2, 0) is 0 Å². The van der Waals surface area contributed by atoms with Crippen molar-refractivity contribution in [2.75, 3.05) is 118 Å². The van der Waals surface area contributed by atoms with Gasteiger partial charge in [-0.05, 0) is 0 Å². The molecule has 0 amide bonds. The topological polar surface area (TPSA) is 49.1 Å². The Bertz CT molecular complexity index is 284. The van der Waals surface area contributed by atoms with Crippen LogP contribution in [0.15, 0.2) is 0 Å². The third-order valence-corrected chi connectivity index (χ3v) is 5.83. The minimum absolute atomic E-state index is 1.15. The van der Waals surface area contributed by atoms with Gasteiger partial charge in [0.05, 0.1) is 0 Å². The van der Waals surface area contributed by atoms with Crippen LogP contribution in [0.25, 0.3) is 0 Å². The standard InChI is InChI=1S/C18H39N7/c1-7-22(8-2-19-1)13-16-25(17-14-23-9-3-20-4-10-23)18-15-24-11-5-21-6-12-24/h19-21H,1-18H2. The molecule has 3 fully saturated rings. The van der Waals surface area contributed by atoms with E-state index in [1.54, 1.807) is 0 Å². The highest BCUT2D eigenvalue weighted by Crippen LogP contribution is 2.00. The molecular weight excluding hydrogens is 314 g/mol. The molecular formula is C18H39N7. The van der Waals surface area contributed by atoms with Crippen molar-refractivity contribution >= 4 is 0 Å². The molecule has 0 unspecified atom stereocenters. The maximum Gasteiger partial charge on any atom is 0.0110 e. The maximum atomic E-state index is 3.46. The second-order valence-corrected chi connectivity index (χ2v) is 7.62. The first kappa shape index (κ1) is 19.5. The van der Waals surface area contributed by atoms with Crippen LogP contribution in [0.1, 0.15) is 0 Å². The van der Waals surface area contributed by atoms with Crippen LogP contribution in [0.5, 0.6) is 0 Å². The van der Waals surface area contributed by atoms with Gasteiger partial charge in [0.25, 0.3) is 0 Å². The third kappa shape index (κ3) is 7.46. The van der Waals surface area contributed by atoms with Crippen molar-refractivity contribution in [1.82, 2.24) is 35.6 Å². The lowest BCUT2D eigenvalue weighted by molar-refractivity contribution is 0.141. The van der Waals surface area contributed by atoms with Crippen molar-refractivity contribution in [2.45, 2.75) is 0 Å². The molecule has 0 saturated carbocycles. The molecule has 0 aliphatic carbocycles. The molecule has 25 heavy (non-hydrogen) atoms. The fourth-order valence-corrected chi connectivity index (χ4v) is 3.99. The van der Waals surface area contributed by atoms with Crippen molar-refractivity contribution in [1.29, 1.82) is 0 Å². The van der Waals surface area contributed by atoms with Crippen LogP contribution in [0.2, 0.25) is 0 Å². The fourth-order valence-electron chi connectivity index (χ4n) is 3.99. The first-order valence-electron chi connectivity index (χ1n) is 10.4. The predicted molar refractivity (Wildman–Crippen MR) is 104 cm³/mol. The fraction of sp³-hybridized carbons (Fsp3) is 1.00. The average molecular weight is 354 g/mol. The maximum absolute atomic E-state index is 3.46. The molecule has 7 heteroatoms. The summed E-state index contributed by atoms with van der Waals surface area (Å²) < 4.78 is 0. The van der Waals surface area contributed by atoms with E-state index >= 15 is 0 Å². The number of piperazine rings is 3. The number of nitrogens with zero attached hydrogens (tertiary/aromatic N) is 4. The highest BCUT2D eigenvalue weighted by molar-refractivity contribution is 4.75. The highest BCUT2D eigenvalue weighted by atomic mass is 15.3. The van der Waals surface area contributed by atoms with Crippen molar-refractivity contribution in [3.8, 4) is 0 Å². The van der Waals surface area contributed by atoms with Gasteiger partial charge >= 0.3 is 0 Å². The SMILES string of the molecule is C1CN(CCN(CCN2CCNCC2)CCN2CCNCC2)CCN1. The molecule has 0 aromatic heterocycles. The summed E-state index contributed by atoms with van der Waals surface area (Å²) in [5, 5.41) is 10.4. The van der Waals surface area contributed by atoms with Crippen LogP contribution < -0.4 is 16.0 Å². The zero-order chi connectivity index (χ0) is 17.2. The monoisotopic (exact) mass is 353 g/mol. The predicted octanol–water partition coefficient (Wildman–Crippen LogP) is -2.00. The molecule has 0 atom stereocenters. The Morgan fingerprint density at radius 3 is 1.04 bits per heavy atom. The van der Waals surface area contributed by atoms with E-state index in [0.29, 0.717) is 0 Å². The molecule has 7 nitrogen and oxygen atoms in total. The second kappa shape index (κ2) is 11.4. The Morgan fingerprint density at radius 1 is 0.480 bits per heavy atom. The summed E-state index contributed by atoms with van der Waals surface area (Å²) in [5.41, 5.74) is 0. The molecule has 3 aliphatic rings. The average Bonchev–Trinajstić information content (AvgIpc) is 2.70. The number of nitrogens with one attached hydrogen (secondary N) is 3. The lowest BCUT2D eigenvalue weighted by atomic mass is 10.3. The summed E-state index contributed by atoms with van der Waals surface area (Å²) in [4.78, 5) is 10.6. The van der Waals surface area contributed by atoms with Crippen molar-refractivity contribution < 1.29 is 0 Å². The Morgan fingerprint density at radius 2 is 0.760 bits per heavy atom. The molecule has 0 spiro atoms. The quantitative estimate of drug-likeness (QED) is 0.443. The summed E-state index contributed by atoms with van der Waals surface area (Å²) in [5.74, 6) is 0. The molecule has 0 aromatic rings. The lowest BCUT2D eigenvalue weighted by Gasteiger charge is -2.34. The Labute approximate surface area is 154 Å². The normalized spacial score (nSPS) is 24.8. The lowest BCUT2D eigenvalue weighted by Crippen LogP contribution is -2.50. The van der Waals surface area contributed by atoms with E-state index < -0.39 is 0 Å². The smallest absolute Gasteiger partial charge is 0.0110 e. The number of hydrogen-bond donors (Lipinski definition) is 3. The van der Waals surface area contributed by atoms with E-state index in [1.165, 1.54) is 78.5 Å². The van der Waals surface area contributed by atoms with E-state index in [-0.39, 0.29) is 0 Å². The van der Waals surface area contributed by atoms with Gasteiger partial charge in [0.2, 0.25) is 0 Å². The molecule has 3 saturated heterocycles. The van der Waals surface area contributed by atoms with Crippen molar-refractivity contribution in [3.63, 3.8) is 0 Å². The van der Waals surface area contributed by atoms with Gasteiger partial charge in [-0.1, -0.05) is 0 Å². The van der Waals surface area contributed by atoms with E-state index in [2.05, 4.69) is 35.6 Å². The summed E-state index contributed by atoms with van der Waals surface area (Å²) in [7, 11) is 0. The molecule has 3 aliphatic heterocycles. The van der Waals surface area contributed by atoms with Gasteiger partial charge in [-0.3, -0.25) is 19.6 Å². The summed E-state index contributed by atoms with van der Waals surface area (Å²) in [6.07, 6.45) is 0. The molecule has 0 radical (unpaired) electrons. The van der Waals surface area contributed by atoms with Gasteiger partial charge in [0.1, 0.15) is 0 Å². The highest BCUT2D eigenvalue weighted by Gasteiger charge is 2.16. The minimum atomic E-state index is 1.15. The number of rotatable bonds is 9. The van der Waals surface area contributed by atoms with Gasteiger partial charge in [-0.15, -0.1) is 0 Å². The van der Waals surface area contributed by atoms with Crippen molar-refractivity contribution in [2.24, 2.45) is 0 Å². The minimum Gasteiger partial charge on any atom is -0.314 e. The van der Waals surface area contributed by atoms with Crippen LogP contribution in [0.3, 0.4) is 0 Å². The largest absolute Gasteiger partial charge is 0.314 e. The van der Waals surface area contributed by atoms with Gasteiger partial charge in [-0.25, -0.2) is 0 Å². The Hall–Kier alpha value is -0.280. The first-order valence-corrected chi connectivity index (χ1v) is 10.4. The second-order valence-electron chi connectivity index (χ2n) is 7.62. The zero-order valence-electron chi connectivity index (χ0n) is 16.0. The Kier molecular flexibility index (Phi) is 8.91. The van der Waals surface area contributed by atoms with Crippen LogP contribution >= 0.6 is 0 Å². The molecule has 3 heterocycles. The summed E-state index contributed by atoms with van der Waals surface area (Å²) in [6, 6.07) is 0. The van der Waals surface area contributed by atoms with Gasteiger partial charge < -0.3 is 16.0 Å². The van der Waals surface area contributed by atoms with E-state index in [9.17, 15) is 0 Å². The van der Waals surface area contributed by atoms with Crippen molar-refractivity contribution in [3.05, 3.63) is 0 Å². The molecule has 3 N–H and O–H groups in total. The van der Waals surface area contributed by atoms with E-state index in [0.717, 1.165) is 39.3 Å². The summed E-state index contributed by atoms with van der Waals surface area (Å²) in [6.45, 7) is 21.5. The Balaban J connectivity index is 1.39. The van der Waals surface area contributed by atoms with Crippen LogP contribution in [0, 0.1) is 0 Å². The van der Waals surface area contributed by atoms with Gasteiger partial charge in [0, 0.05) is 118 Å². The molecule has 3 rings (SSSR count). The molecule has 0 bridgehead atoms. The van der Waals surface area contributed by atoms with Crippen LogP contribution in [0.4, 0.5) is 0 Å². The van der Waals surface area contributed by atoms with Gasteiger partial charge in [-0.2, -0.15) is 0 Å². The zero-order valence-corrected chi connectivity index (χ0v) is 16.0. The van der Waals surface area contributed by atoms with E-state index in [1.807, 2.05) is 0 Å². The number of hydrogen-bond acceptors (Lipinski definition) is 7. The van der Waals surface area contributed by atoms with Gasteiger partial charge in [0.15, 0.2) is 0 Å². The van der Waals surface area contributed by atoms with Crippen LogP contribution in [-0.4, -0.2) is 137 Å². The van der Waals surface area contributed by atoms with E-state index in [4.69, 9.17) is 0 Å². The summed E-state index contributed by atoms with van der Waals surface area (Å²) >= 11 is 0. The first-order chi connectivity index (χ1) is 12.4.